The monoisotopic (exact) mass is 386 g/mol. The third-order valence-corrected chi connectivity index (χ3v) is 7.99. The number of benzene rings is 1. The second-order valence-electron chi connectivity index (χ2n) is 7.43. The molecule has 0 radical (unpaired) electrons. The molecule has 1 heterocycles. The molecule has 0 atom stereocenters. The molecule has 1 fully saturated rings. The topological polar surface area (TPSA) is 76.1 Å². The van der Waals surface area contributed by atoms with E-state index in [1.807, 2.05) is 38.1 Å². The molecular weight excluding hydrogens is 360 g/mol. The fourth-order valence-electron chi connectivity index (χ4n) is 3.80. The van der Waals surface area contributed by atoms with Crippen LogP contribution >= 0.6 is 0 Å². The highest BCUT2D eigenvalue weighted by molar-refractivity contribution is 7.93. The van der Waals surface area contributed by atoms with Crippen molar-refractivity contribution in [2.45, 2.75) is 62.6 Å². The molecule has 3 rings (SSSR count). The summed E-state index contributed by atoms with van der Waals surface area (Å²) in [6.45, 7) is 5.76. The van der Waals surface area contributed by atoms with Crippen LogP contribution in [0.1, 0.15) is 48.2 Å². The molecule has 0 aliphatic heterocycles. The van der Waals surface area contributed by atoms with Gasteiger partial charge in [-0.25, -0.2) is 8.42 Å². The molecule has 0 unspecified atom stereocenters. The Kier molecular flexibility index (Phi) is 5.38. The molecule has 1 N–H and O–H groups in total. The number of sulfone groups is 1. The molecule has 1 aromatic carbocycles. The molecule has 1 aliphatic carbocycles. The summed E-state index contributed by atoms with van der Waals surface area (Å²) < 4.78 is 25.7. The lowest BCUT2D eigenvalue weighted by Crippen LogP contribution is -2.50. The van der Waals surface area contributed by atoms with E-state index >= 15 is 0 Å². The Morgan fingerprint density at radius 1 is 1.11 bits per heavy atom. The van der Waals surface area contributed by atoms with Crippen LogP contribution in [0.3, 0.4) is 0 Å². The average molecular weight is 387 g/mol. The Bertz CT molecular complexity index is 961. The molecule has 1 amide bonds. The van der Waals surface area contributed by atoms with Crippen molar-refractivity contribution in [3.8, 4) is 0 Å². The number of carbonyl (C=O) groups excluding carboxylic acids is 1. The van der Waals surface area contributed by atoms with E-state index in [1.165, 1.54) is 0 Å². The normalized spacial score (nSPS) is 16.3. The molecule has 5 nitrogen and oxygen atoms in total. The number of rotatable bonds is 5. The van der Waals surface area contributed by atoms with E-state index in [0.717, 1.165) is 29.8 Å². The number of carbonyl (C=O) groups is 1. The maximum atomic E-state index is 13.6. The van der Waals surface area contributed by atoms with Crippen LogP contribution in [0, 0.1) is 20.8 Å². The Labute approximate surface area is 161 Å². The van der Waals surface area contributed by atoms with E-state index in [2.05, 4.69) is 10.3 Å². The van der Waals surface area contributed by atoms with Crippen molar-refractivity contribution >= 4 is 15.7 Å². The summed E-state index contributed by atoms with van der Waals surface area (Å²) in [6.07, 6.45) is 2.19. The van der Waals surface area contributed by atoms with Gasteiger partial charge in [0, 0.05) is 5.69 Å². The van der Waals surface area contributed by atoms with E-state index in [0.29, 0.717) is 18.4 Å². The number of amides is 1. The first-order valence-electron chi connectivity index (χ1n) is 9.29. The van der Waals surface area contributed by atoms with Crippen LogP contribution in [0.15, 0.2) is 41.3 Å². The van der Waals surface area contributed by atoms with E-state index in [1.54, 1.807) is 19.1 Å². The number of hydrogen-bond acceptors (Lipinski definition) is 4. The third-order valence-electron chi connectivity index (χ3n) is 5.35. The number of nitrogens with zero attached hydrogens (tertiary/aromatic N) is 1. The number of nitrogens with one attached hydrogen (secondary N) is 1. The van der Waals surface area contributed by atoms with Crippen molar-refractivity contribution in [3.05, 3.63) is 58.9 Å². The van der Waals surface area contributed by atoms with Crippen LogP contribution in [0.25, 0.3) is 0 Å². The largest absolute Gasteiger partial charge is 0.349 e. The van der Waals surface area contributed by atoms with Crippen LogP contribution in [-0.4, -0.2) is 24.1 Å². The minimum absolute atomic E-state index is 0.227. The van der Waals surface area contributed by atoms with Crippen LogP contribution in [0.2, 0.25) is 0 Å². The fraction of sp³-hybridized carbons (Fsp3) is 0.429. The van der Waals surface area contributed by atoms with Gasteiger partial charge in [-0.3, -0.25) is 9.78 Å². The smallest absolute Gasteiger partial charge is 0.242 e. The number of aromatic nitrogens is 1. The van der Waals surface area contributed by atoms with E-state index in [4.69, 9.17) is 0 Å². The van der Waals surface area contributed by atoms with Gasteiger partial charge in [0.05, 0.1) is 17.1 Å². The highest BCUT2D eigenvalue weighted by Gasteiger charge is 2.53. The first-order chi connectivity index (χ1) is 12.8. The molecule has 0 saturated heterocycles. The summed E-state index contributed by atoms with van der Waals surface area (Å²) in [6, 6.07) is 11.0. The van der Waals surface area contributed by atoms with E-state index in [9.17, 15) is 13.2 Å². The standard InChI is InChI=1S/C21H26N2O3S/c1-15-9-10-16(2)19(13-15)27(25,26)21(11-4-5-12-21)20(24)22-14-18-8-6-7-17(3)23-18/h6-10,13H,4-5,11-12,14H2,1-3H3,(H,22,24). The second-order valence-corrected chi connectivity index (χ2v) is 9.65. The summed E-state index contributed by atoms with van der Waals surface area (Å²) in [5.41, 5.74) is 3.14. The summed E-state index contributed by atoms with van der Waals surface area (Å²) in [4.78, 5) is 17.8. The van der Waals surface area contributed by atoms with Crippen molar-refractivity contribution in [1.82, 2.24) is 10.3 Å². The Balaban J connectivity index is 1.93. The summed E-state index contributed by atoms with van der Waals surface area (Å²) >= 11 is 0. The Hall–Kier alpha value is -2.21. The van der Waals surface area contributed by atoms with Gasteiger partial charge in [0.1, 0.15) is 0 Å². The molecule has 1 aliphatic rings. The lowest BCUT2D eigenvalue weighted by Gasteiger charge is -2.28. The first-order valence-corrected chi connectivity index (χ1v) is 10.8. The summed E-state index contributed by atoms with van der Waals surface area (Å²) in [5, 5.41) is 2.84. The van der Waals surface area contributed by atoms with E-state index < -0.39 is 20.5 Å². The van der Waals surface area contributed by atoms with Gasteiger partial charge in [-0.2, -0.15) is 0 Å². The van der Waals surface area contributed by atoms with Gasteiger partial charge >= 0.3 is 0 Å². The lowest BCUT2D eigenvalue weighted by molar-refractivity contribution is -0.123. The Morgan fingerprint density at radius 2 is 1.81 bits per heavy atom. The second kappa shape index (κ2) is 7.43. The SMILES string of the molecule is Cc1ccc(C)c(S(=O)(=O)C2(C(=O)NCc3cccc(C)n3)CCCC2)c1. The quantitative estimate of drug-likeness (QED) is 0.854. The van der Waals surface area contributed by atoms with Gasteiger partial charge in [-0.1, -0.05) is 31.0 Å². The Morgan fingerprint density at radius 3 is 2.48 bits per heavy atom. The van der Waals surface area contributed by atoms with Crippen LogP contribution in [0.5, 0.6) is 0 Å². The molecule has 27 heavy (non-hydrogen) atoms. The summed E-state index contributed by atoms with van der Waals surface area (Å²) in [5.74, 6) is -0.413. The highest BCUT2D eigenvalue weighted by Crippen LogP contribution is 2.41. The molecular formula is C21H26N2O3S. The molecule has 0 spiro atoms. The minimum Gasteiger partial charge on any atom is -0.349 e. The molecule has 1 saturated carbocycles. The average Bonchev–Trinajstić information content (AvgIpc) is 3.13. The molecule has 1 aromatic heterocycles. The van der Waals surface area contributed by atoms with Crippen molar-refractivity contribution in [1.29, 1.82) is 0 Å². The molecule has 0 bridgehead atoms. The highest BCUT2D eigenvalue weighted by atomic mass is 32.2. The van der Waals surface area contributed by atoms with Crippen molar-refractivity contribution < 1.29 is 13.2 Å². The predicted octanol–water partition coefficient (Wildman–Crippen LogP) is 3.41. The zero-order valence-corrected chi connectivity index (χ0v) is 16.9. The van der Waals surface area contributed by atoms with Gasteiger partial charge in [0.25, 0.3) is 0 Å². The van der Waals surface area contributed by atoms with Crippen LogP contribution in [0.4, 0.5) is 0 Å². The first kappa shape index (κ1) is 19.5. The molecule has 2 aromatic rings. The van der Waals surface area contributed by atoms with Gasteiger partial charge in [0.2, 0.25) is 5.91 Å². The third kappa shape index (κ3) is 3.63. The van der Waals surface area contributed by atoms with Gasteiger partial charge in [0.15, 0.2) is 14.6 Å². The zero-order valence-electron chi connectivity index (χ0n) is 16.1. The zero-order chi connectivity index (χ0) is 19.7. The summed E-state index contributed by atoms with van der Waals surface area (Å²) in [7, 11) is -3.80. The number of aryl methyl sites for hydroxylation is 3. The number of hydrogen-bond donors (Lipinski definition) is 1. The van der Waals surface area contributed by atoms with Crippen LogP contribution < -0.4 is 5.32 Å². The van der Waals surface area contributed by atoms with Gasteiger partial charge < -0.3 is 5.32 Å². The van der Waals surface area contributed by atoms with Crippen LogP contribution in [-0.2, 0) is 21.2 Å². The maximum Gasteiger partial charge on any atom is 0.242 e. The van der Waals surface area contributed by atoms with Crippen molar-refractivity contribution in [2.24, 2.45) is 0 Å². The van der Waals surface area contributed by atoms with Crippen molar-refractivity contribution in [2.75, 3.05) is 0 Å². The maximum absolute atomic E-state index is 13.6. The minimum atomic E-state index is -3.80. The van der Waals surface area contributed by atoms with E-state index in [-0.39, 0.29) is 11.4 Å². The molecule has 6 heteroatoms. The number of pyridine rings is 1. The predicted molar refractivity (Wildman–Crippen MR) is 105 cm³/mol. The molecule has 144 valence electrons. The van der Waals surface area contributed by atoms with Crippen molar-refractivity contribution in [3.63, 3.8) is 0 Å². The van der Waals surface area contributed by atoms with Gasteiger partial charge in [-0.05, 0) is 62.9 Å². The van der Waals surface area contributed by atoms with Gasteiger partial charge in [-0.15, -0.1) is 0 Å². The fourth-order valence-corrected chi connectivity index (χ4v) is 6.20. The lowest BCUT2D eigenvalue weighted by atomic mass is 10.1.